The van der Waals surface area contributed by atoms with E-state index < -0.39 is 39.6 Å². The van der Waals surface area contributed by atoms with Gasteiger partial charge < -0.3 is 9.64 Å². The summed E-state index contributed by atoms with van der Waals surface area (Å²) in [6, 6.07) is 5.09. The molecule has 2 atom stereocenters. The van der Waals surface area contributed by atoms with E-state index in [2.05, 4.69) is 15.0 Å². The van der Waals surface area contributed by atoms with Crippen LogP contribution in [0.4, 0.5) is 0 Å². The molecule has 1 aromatic heterocycles. The van der Waals surface area contributed by atoms with Gasteiger partial charge in [0.1, 0.15) is 17.1 Å². The molecule has 10 nitrogen and oxygen atoms in total. The fourth-order valence-corrected chi connectivity index (χ4v) is 4.89. The van der Waals surface area contributed by atoms with E-state index in [1.807, 2.05) is 13.8 Å². The molecule has 0 saturated heterocycles. The number of hydrogen-bond acceptors (Lipinski definition) is 7. The molecule has 11 heteroatoms. The fraction of sp³-hybridized carbons (Fsp3) is 0.565. The van der Waals surface area contributed by atoms with Crippen LogP contribution in [0.25, 0.3) is 11.0 Å². The zero-order valence-corrected chi connectivity index (χ0v) is 21.9. The minimum absolute atomic E-state index is 0.0465. The molecule has 0 saturated carbocycles. The molecule has 1 aromatic carbocycles. The summed E-state index contributed by atoms with van der Waals surface area (Å²) >= 11 is 0. The van der Waals surface area contributed by atoms with E-state index in [9.17, 15) is 18.0 Å². The van der Waals surface area contributed by atoms with Crippen molar-refractivity contribution in [3.05, 3.63) is 35.9 Å². The van der Waals surface area contributed by atoms with Crippen LogP contribution in [-0.4, -0.2) is 65.3 Å². The number of para-hydroxylation sites is 1. The van der Waals surface area contributed by atoms with Crippen LogP contribution in [0.1, 0.15) is 48.5 Å². The average molecular weight is 494 g/mol. The number of aromatic nitrogens is 3. The monoisotopic (exact) mass is 493 g/mol. The number of amides is 1. The number of rotatable bonds is 9. The maximum absolute atomic E-state index is 13.6. The molecular formula is C23H35N5O5S. The Bertz CT molecular complexity index is 1160. The number of ether oxygens (including phenoxy) is 1. The Hall–Kier alpha value is -2.79. The Morgan fingerprint density at radius 3 is 2.41 bits per heavy atom. The zero-order valence-electron chi connectivity index (χ0n) is 21.1. The van der Waals surface area contributed by atoms with Gasteiger partial charge in [-0.25, -0.2) is 4.79 Å². The molecule has 1 heterocycles. The third-order valence-corrected chi connectivity index (χ3v) is 6.68. The second kappa shape index (κ2) is 10.6. The minimum Gasteiger partial charge on any atom is -0.463 e. The minimum atomic E-state index is -4.24. The molecule has 0 fully saturated rings. The predicted molar refractivity (Wildman–Crippen MR) is 130 cm³/mol. The molecule has 2 aromatic rings. The third-order valence-electron chi connectivity index (χ3n) is 5.42. The Morgan fingerprint density at radius 2 is 1.85 bits per heavy atom. The molecule has 0 radical (unpaired) electrons. The number of likely N-dealkylation sites (N-methyl/N-ethyl adjacent to an activating group) is 1. The van der Waals surface area contributed by atoms with Crippen LogP contribution in [0.2, 0.25) is 0 Å². The highest BCUT2D eigenvalue weighted by atomic mass is 32.2. The lowest BCUT2D eigenvalue weighted by Gasteiger charge is -2.37. The van der Waals surface area contributed by atoms with Gasteiger partial charge in [-0.3, -0.25) is 4.79 Å². The highest BCUT2D eigenvalue weighted by molar-refractivity contribution is 7.88. The largest absolute Gasteiger partial charge is 0.463 e. The van der Waals surface area contributed by atoms with E-state index in [-0.39, 0.29) is 12.5 Å². The number of hydrogen-bond donors (Lipinski definition) is 1. The Morgan fingerprint density at radius 1 is 1.24 bits per heavy atom. The van der Waals surface area contributed by atoms with Crippen molar-refractivity contribution in [3.8, 4) is 0 Å². The number of benzene rings is 1. The lowest BCUT2D eigenvalue weighted by atomic mass is 9.86. The van der Waals surface area contributed by atoms with Gasteiger partial charge in [0.2, 0.25) is 5.91 Å². The van der Waals surface area contributed by atoms with Crippen molar-refractivity contribution >= 4 is 33.1 Å². The highest BCUT2D eigenvalue weighted by Crippen LogP contribution is 2.25. The number of carbonyl (C=O) groups excluding carboxylic acids is 2. The second-order valence-corrected chi connectivity index (χ2v) is 11.1. The van der Waals surface area contributed by atoms with Gasteiger partial charge in [0.05, 0.1) is 12.6 Å². The molecule has 2 unspecified atom stereocenters. The Balaban J connectivity index is 2.41. The average Bonchev–Trinajstić information content (AvgIpc) is 3.19. The van der Waals surface area contributed by atoms with Crippen molar-refractivity contribution in [2.45, 2.75) is 60.5 Å². The second-order valence-electron chi connectivity index (χ2n) is 9.60. The van der Waals surface area contributed by atoms with Gasteiger partial charge in [-0.1, -0.05) is 52.8 Å². The van der Waals surface area contributed by atoms with Crippen LogP contribution in [0.5, 0.6) is 0 Å². The zero-order chi connectivity index (χ0) is 25.8. The molecule has 2 rings (SSSR count). The fourth-order valence-electron chi connectivity index (χ4n) is 3.49. The van der Waals surface area contributed by atoms with E-state index in [0.717, 1.165) is 4.09 Å². The quantitative estimate of drug-likeness (QED) is 0.420. The molecule has 188 valence electrons. The third kappa shape index (κ3) is 6.20. The normalized spacial score (nSPS) is 14.8. The smallest absolute Gasteiger partial charge is 0.333 e. The summed E-state index contributed by atoms with van der Waals surface area (Å²) in [4.78, 5) is 27.2. The molecule has 0 aliphatic heterocycles. The van der Waals surface area contributed by atoms with Crippen molar-refractivity contribution in [2.75, 3.05) is 13.7 Å². The lowest BCUT2D eigenvalue weighted by molar-refractivity contribution is -0.139. The van der Waals surface area contributed by atoms with Gasteiger partial charge in [-0.05, 0) is 42.5 Å². The topological polar surface area (TPSA) is 123 Å². The first-order valence-corrected chi connectivity index (χ1v) is 12.6. The van der Waals surface area contributed by atoms with E-state index in [1.54, 1.807) is 72.0 Å². The van der Waals surface area contributed by atoms with Gasteiger partial charge in [-0.2, -0.15) is 13.1 Å². The summed E-state index contributed by atoms with van der Waals surface area (Å²) in [6.07, 6.45) is 1.68. The first-order chi connectivity index (χ1) is 15.7. The van der Waals surface area contributed by atoms with Crippen LogP contribution in [0, 0.1) is 11.3 Å². The van der Waals surface area contributed by atoms with Crippen LogP contribution in [-0.2, 0) is 24.5 Å². The number of nitrogens with one attached hydrogen (secondary N) is 1. The summed E-state index contributed by atoms with van der Waals surface area (Å²) in [5.74, 6) is -0.943. The standard InChI is InChI=1S/C23H35N5O5S/c1-9-33-22(30)16(4)14-19(15(2)3)27(8)21(29)20(23(5,6)7)25-34(31,32)28-18-13-11-10-12-17(18)24-26-28/h10-15,19-20,25H,9H2,1-8H3/b16-14+. The first-order valence-electron chi connectivity index (χ1n) is 11.2. The maximum Gasteiger partial charge on any atom is 0.333 e. The van der Waals surface area contributed by atoms with Crippen molar-refractivity contribution in [2.24, 2.45) is 11.3 Å². The van der Waals surface area contributed by atoms with Crippen LogP contribution in [0.15, 0.2) is 35.9 Å². The van der Waals surface area contributed by atoms with Crippen molar-refractivity contribution in [3.63, 3.8) is 0 Å². The van der Waals surface area contributed by atoms with Gasteiger partial charge in [0, 0.05) is 12.6 Å². The van der Waals surface area contributed by atoms with Crippen LogP contribution >= 0.6 is 0 Å². The lowest BCUT2D eigenvalue weighted by Crippen LogP contribution is -2.57. The summed E-state index contributed by atoms with van der Waals surface area (Å²) < 4.78 is 34.8. The van der Waals surface area contributed by atoms with E-state index in [4.69, 9.17) is 4.74 Å². The van der Waals surface area contributed by atoms with Crippen LogP contribution < -0.4 is 4.72 Å². The molecule has 0 bridgehead atoms. The number of nitrogens with zero attached hydrogens (tertiary/aromatic N) is 4. The number of esters is 1. The number of fused-ring (bicyclic) bond motifs is 1. The Kier molecular flexibility index (Phi) is 8.59. The van der Waals surface area contributed by atoms with Crippen molar-refractivity contribution < 1.29 is 22.7 Å². The predicted octanol–water partition coefficient (Wildman–Crippen LogP) is 2.52. The summed E-state index contributed by atoms with van der Waals surface area (Å²) in [7, 11) is -2.64. The van der Waals surface area contributed by atoms with Crippen LogP contribution in [0.3, 0.4) is 0 Å². The molecule has 1 N–H and O–H groups in total. The molecule has 0 spiro atoms. The molecule has 1 amide bonds. The Labute approximate surface area is 201 Å². The molecule has 34 heavy (non-hydrogen) atoms. The van der Waals surface area contributed by atoms with Crippen molar-refractivity contribution in [1.29, 1.82) is 0 Å². The first kappa shape index (κ1) is 27.5. The number of carbonyl (C=O) groups is 2. The van der Waals surface area contributed by atoms with E-state index in [1.165, 1.54) is 4.90 Å². The van der Waals surface area contributed by atoms with Gasteiger partial charge in [0.25, 0.3) is 0 Å². The highest BCUT2D eigenvalue weighted by Gasteiger charge is 2.39. The van der Waals surface area contributed by atoms with Crippen molar-refractivity contribution in [1.82, 2.24) is 24.0 Å². The molecular weight excluding hydrogens is 458 g/mol. The van der Waals surface area contributed by atoms with Gasteiger partial charge in [0.15, 0.2) is 0 Å². The summed E-state index contributed by atoms with van der Waals surface area (Å²) in [5.41, 5.74) is 0.331. The molecule has 0 aliphatic rings. The van der Waals surface area contributed by atoms with E-state index in [0.29, 0.717) is 16.6 Å². The molecule has 0 aliphatic carbocycles. The van der Waals surface area contributed by atoms with Gasteiger partial charge >= 0.3 is 16.2 Å². The van der Waals surface area contributed by atoms with E-state index >= 15 is 0 Å². The van der Waals surface area contributed by atoms with Gasteiger partial charge in [-0.15, -0.1) is 9.19 Å². The summed E-state index contributed by atoms with van der Waals surface area (Å²) in [6.45, 7) is 12.8. The SMILES string of the molecule is CCOC(=O)/C(C)=C/C(C(C)C)N(C)C(=O)C(NS(=O)(=O)n1nnc2ccccc21)C(C)(C)C. The summed E-state index contributed by atoms with van der Waals surface area (Å²) in [5, 5.41) is 7.67. The maximum atomic E-state index is 13.6.